The fourth-order valence-electron chi connectivity index (χ4n) is 1.09. The lowest BCUT2D eigenvalue weighted by molar-refractivity contribution is 0.314. The highest BCUT2D eigenvalue weighted by molar-refractivity contribution is 7.90. The van der Waals surface area contributed by atoms with E-state index >= 15 is 0 Å². The number of pyridine rings is 1. The van der Waals surface area contributed by atoms with Gasteiger partial charge >= 0.3 is 0 Å². The Morgan fingerprint density at radius 3 is 2.82 bits per heavy atom. The summed E-state index contributed by atoms with van der Waals surface area (Å²) >= 11 is 5.73. The molecule has 0 bridgehead atoms. The van der Waals surface area contributed by atoms with E-state index in [9.17, 15) is 8.42 Å². The average Bonchev–Trinajstić information content (AvgIpc) is 2.22. The van der Waals surface area contributed by atoms with Crippen LogP contribution < -0.4 is 10.1 Å². The van der Waals surface area contributed by atoms with Crippen molar-refractivity contribution in [2.24, 2.45) is 0 Å². The van der Waals surface area contributed by atoms with Gasteiger partial charge in [0.25, 0.3) is 0 Å². The number of ether oxygens (including phenoxy) is 1. The maximum Gasteiger partial charge on any atom is 0.148 e. The molecule has 0 aromatic carbocycles. The topological polar surface area (TPSA) is 68.3 Å². The van der Waals surface area contributed by atoms with Gasteiger partial charge in [0.2, 0.25) is 0 Å². The molecule has 1 rings (SSSR count). The lowest BCUT2D eigenvalue weighted by Crippen LogP contribution is -2.26. The number of aromatic nitrogens is 1. The number of rotatable bonds is 7. The van der Waals surface area contributed by atoms with Crippen molar-refractivity contribution in [1.82, 2.24) is 10.3 Å². The highest BCUT2D eigenvalue weighted by atomic mass is 35.5. The molecular weight excluding hydrogens is 264 g/mol. The zero-order valence-corrected chi connectivity index (χ0v) is 11.1. The van der Waals surface area contributed by atoms with Crippen molar-refractivity contribution in [2.45, 2.75) is 0 Å². The van der Waals surface area contributed by atoms with Crippen LogP contribution in [0.15, 0.2) is 18.5 Å². The summed E-state index contributed by atoms with van der Waals surface area (Å²) in [5, 5.41) is 3.49. The van der Waals surface area contributed by atoms with E-state index in [1.165, 1.54) is 12.5 Å². The van der Waals surface area contributed by atoms with E-state index in [0.29, 0.717) is 30.5 Å². The lowest BCUT2D eigenvalue weighted by atomic mass is 10.4. The van der Waals surface area contributed by atoms with Crippen LogP contribution in [0, 0.1) is 0 Å². The molecule has 1 aromatic heterocycles. The molecule has 1 aromatic rings. The molecule has 0 saturated heterocycles. The van der Waals surface area contributed by atoms with Crippen LogP contribution in [-0.2, 0) is 9.84 Å². The van der Waals surface area contributed by atoms with Gasteiger partial charge in [-0.2, -0.15) is 0 Å². The third-order valence-electron chi connectivity index (χ3n) is 1.88. The molecule has 96 valence electrons. The maximum atomic E-state index is 10.8. The van der Waals surface area contributed by atoms with Crippen LogP contribution in [0.1, 0.15) is 0 Å². The summed E-state index contributed by atoms with van der Waals surface area (Å²) < 4.78 is 27.0. The molecule has 0 aliphatic carbocycles. The molecule has 5 nitrogen and oxygen atoms in total. The summed E-state index contributed by atoms with van der Waals surface area (Å²) in [5.41, 5.74) is 0. The molecule has 0 saturated carbocycles. The van der Waals surface area contributed by atoms with Crippen molar-refractivity contribution in [3.8, 4) is 5.75 Å². The van der Waals surface area contributed by atoms with Crippen LogP contribution in [0.5, 0.6) is 5.75 Å². The summed E-state index contributed by atoms with van der Waals surface area (Å²) in [6.45, 7) is 1.43. The molecule has 0 unspecified atom stereocenters. The molecule has 0 fully saturated rings. The Bertz CT molecular complexity index is 451. The monoisotopic (exact) mass is 278 g/mol. The van der Waals surface area contributed by atoms with Gasteiger partial charge in [0.05, 0.1) is 17.0 Å². The Morgan fingerprint density at radius 1 is 1.41 bits per heavy atom. The largest absolute Gasteiger partial charge is 0.491 e. The Balaban J connectivity index is 2.13. The van der Waals surface area contributed by atoms with Gasteiger partial charge in [-0.15, -0.1) is 0 Å². The first-order chi connectivity index (χ1) is 7.97. The quantitative estimate of drug-likeness (QED) is 0.746. The van der Waals surface area contributed by atoms with E-state index in [4.69, 9.17) is 16.3 Å². The van der Waals surface area contributed by atoms with E-state index in [1.807, 2.05) is 0 Å². The number of nitrogens with one attached hydrogen (secondary N) is 1. The van der Waals surface area contributed by atoms with Crippen molar-refractivity contribution in [1.29, 1.82) is 0 Å². The minimum absolute atomic E-state index is 0.131. The van der Waals surface area contributed by atoms with Gasteiger partial charge in [-0.3, -0.25) is 4.98 Å². The smallest absolute Gasteiger partial charge is 0.148 e. The molecular formula is C10H15ClN2O3S. The minimum atomic E-state index is -2.90. The zero-order valence-electron chi connectivity index (χ0n) is 9.52. The van der Waals surface area contributed by atoms with Crippen molar-refractivity contribution in [3.05, 3.63) is 23.5 Å². The summed E-state index contributed by atoms with van der Waals surface area (Å²) in [4.78, 5) is 3.87. The second kappa shape index (κ2) is 6.78. The van der Waals surface area contributed by atoms with Gasteiger partial charge in [0, 0.05) is 31.6 Å². The first-order valence-corrected chi connectivity index (χ1v) is 7.53. The second-order valence-electron chi connectivity index (χ2n) is 3.57. The maximum absolute atomic E-state index is 10.8. The van der Waals surface area contributed by atoms with E-state index in [0.717, 1.165) is 0 Å². The first-order valence-electron chi connectivity index (χ1n) is 5.09. The Labute approximate surface area is 106 Å². The summed E-state index contributed by atoms with van der Waals surface area (Å²) in [7, 11) is -2.90. The normalized spacial score (nSPS) is 11.4. The first kappa shape index (κ1) is 14.2. The van der Waals surface area contributed by atoms with Crippen LogP contribution in [0.2, 0.25) is 5.02 Å². The van der Waals surface area contributed by atoms with Crippen molar-refractivity contribution >= 4 is 21.4 Å². The van der Waals surface area contributed by atoms with Crippen LogP contribution in [-0.4, -0.2) is 45.1 Å². The molecule has 1 N–H and O–H groups in total. The van der Waals surface area contributed by atoms with Crippen molar-refractivity contribution < 1.29 is 13.2 Å². The average molecular weight is 279 g/mol. The SMILES string of the molecule is CS(=O)(=O)CCNCCOc1cncc(Cl)c1. The molecule has 0 radical (unpaired) electrons. The van der Waals surface area contributed by atoms with Crippen molar-refractivity contribution in [3.63, 3.8) is 0 Å². The highest BCUT2D eigenvalue weighted by Crippen LogP contribution is 2.14. The number of halogens is 1. The fourth-order valence-corrected chi connectivity index (χ4v) is 1.77. The summed E-state index contributed by atoms with van der Waals surface area (Å²) in [6, 6.07) is 1.67. The van der Waals surface area contributed by atoms with Gasteiger partial charge in [-0.25, -0.2) is 8.42 Å². The van der Waals surface area contributed by atoms with Crippen LogP contribution in [0.3, 0.4) is 0 Å². The molecule has 17 heavy (non-hydrogen) atoms. The number of nitrogens with zero attached hydrogens (tertiary/aromatic N) is 1. The summed E-state index contributed by atoms with van der Waals surface area (Å²) in [5.74, 6) is 0.730. The number of hydrogen-bond acceptors (Lipinski definition) is 5. The molecule has 0 spiro atoms. The molecule has 1 heterocycles. The third-order valence-corrected chi connectivity index (χ3v) is 3.03. The summed E-state index contributed by atoms with van der Waals surface area (Å²) in [6.07, 6.45) is 4.31. The van der Waals surface area contributed by atoms with Gasteiger partial charge in [0.15, 0.2) is 0 Å². The van der Waals surface area contributed by atoms with Crippen LogP contribution in [0.4, 0.5) is 0 Å². The zero-order chi connectivity index (χ0) is 12.7. The molecule has 0 aliphatic heterocycles. The molecule has 0 amide bonds. The predicted molar refractivity (Wildman–Crippen MR) is 67.3 cm³/mol. The molecule has 0 aliphatic rings. The van der Waals surface area contributed by atoms with Gasteiger partial charge in [0.1, 0.15) is 22.2 Å². The van der Waals surface area contributed by atoms with E-state index in [2.05, 4.69) is 10.3 Å². The fraction of sp³-hybridized carbons (Fsp3) is 0.500. The van der Waals surface area contributed by atoms with E-state index in [1.54, 1.807) is 12.3 Å². The van der Waals surface area contributed by atoms with Crippen LogP contribution in [0.25, 0.3) is 0 Å². The van der Waals surface area contributed by atoms with E-state index < -0.39 is 9.84 Å². The number of hydrogen-bond donors (Lipinski definition) is 1. The molecule has 0 atom stereocenters. The minimum Gasteiger partial charge on any atom is -0.491 e. The lowest BCUT2D eigenvalue weighted by Gasteiger charge is -2.06. The van der Waals surface area contributed by atoms with Gasteiger partial charge in [-0.05, 0) is 0 Å². The highest BCUT2D eigenvalue weighted by Gasteiger charge is 2.00. The Morgan fingerprint density at radius 2 is 2.18 bits per heavy atom. The Hall–Kier alpha value is -0.850. The number of sulfone groups is 1. The third kappa shape index (κ3) is 7.14. The predicted octanol–water partition coefficient (Wildman–Crippen LogP) is 0.748. The van der Waals surface area contributed by atoms with Gasteiger partial charge in [-0.1, -0.05) is 11.6 Å². The molecule has 7 heteroatoms. The standard InChI is InChI=1S/C10H15ClN2O3S/c1-17(14,15)5-3-12-2-4-16-10-6-9(11)7-13-8-10/h6-8,12H,2-5H2,1H3. The van der Waals surface area contributed by atoms with E-state index in [-0.39, 0.29) is 5.75 Å². The van der Waals surface area contributed by atoms with Crippen LogP contribution >= 0.6 is 11.6 Å². The van der Waals surface area contributed by atoms with Gasteiger partial charge < -0.3 is 10.1 Å². The second-order valence-corrected chi connectivity index (χ2v) is 6.26. The Kier molecular flexibility index (Phi) is 5.67. The van der Waals surface area contributed by atoms with Crippen molar-refractivity contribution in [2.75, 3.05) is 31.7 Å².